The van der Waals surface area contributed by atoms with E-state index in [0.717, 1.165) is 17.5 Å². The Balaban J connectivity index is 1.96. The van der Waals surface area contributed by atoms with Crippen molar-refractivity contribution in [1.82, 2.24) is 0 Å². The van der Waals surface area contributed by atoms with Gasteiger partial charge >= 0.3 is 0 Å². The fourth-order valence-electron chi connectivity index (χ4n) is 1.63. The lowest BCUT2D eigenvalue weighted by Gasteiger charge is -2.05. The topological polar surface area (TPSA) is 46.2 Å². The van der Waals surface area contributed by atoms with Gasteiger partial charge in [-0.1, -0.05) is 42.5 Å². The molecule has 0 unspecified atom stereocenters. The molecule has 0 saturated heterocycles. The van der Waals surface area contributed by atoms with Crippen LogP contribution in [0.1, 0.15) is 15.9 Å². The molecule has 0 aliphatic rings. The Morgan fingerprint density at radius 2 is 1.67 bits per heavy atom. The van der Waals surface area contributed by atoms with E-state index < -0.39 is 0 Å². The van der Waals surface area contributed by atoms with Gasteiger partial charge in [0.05, 0.1) is 6.42 Å². The predicted molar refractivity (Wildman–Crippen MR) is 70.6 cm³/mol. The maximum Gasteiger partial charge on any atom is 0.228 e. The summed E-state index contributed by atoms with van der Waals surface area (Å²) in [4.78, 5) is 22.3. The number of anilines is 1. The minimum Gasteiger partial charge on any atom is -0.326 e. The normalized spacial score (nSPS) is 9.78. The van der Waals surface area contributed by atoms with Gasteiger partial charge in [0.25, 0.3) is 0 Å². The third-order valence-electron chi connectivity index (χ3n) is 2.54. The van der Waals surface area contributed by atoms with E-state index in [1.807, 2.05) is 30.3 Å². The first-order valence-corrected chi connectivity index (χ1v) is 5.67. The van der Waals surface area contributed by atoms with Gasteiger partial charge in [-0.3, -0.25) is 9.59 Å². The molecule has 2 aromatic carbocycles. The SMILES string of the molecule is O=Cc1ccc(CC(=O)Nc2ccccc2)cc1. The van der Waals surface area contributed by atoms with Crippen molar-refractivity contribution in [3.05, 3.63) is 65.7 Å². The van der Waals surface area contributed by atoms with Crippen molar-refractivity contribution in [2.45, 2.75) is 6.42 Å². The third-order valence-corrected chi connectivity index (χ3v) is 2.54. The molecule has 18 heavy (non-hydrogen) atoms. The van der Waals surface area contributed by atoms with Crippen LogP contribution in [0.5, 0.6) is 0 Å². The van der Waals surface area contributed by atoms with Gasteiger partial charge in [0, 0.05) is 11.3 Å². The average molecular weight is 239 g/mol. The molecule has 0 spiro atoms. The van der Waals surface area contributed by atoms with E-state index in [1.54, 1.807) is 24.3 Å². The Morgan fingerprint density at radius 3 is 2.28 bits per heavy atom. The van der Waals surface area contributed by atoms with Crippen LogP contribution in [0.4, 0.5) is 5.69 Å². The van der Waals surface area contributed by atoms with Crippen LogP contribution in [0.25, 0.3) is 0 Å². The van der Waals surface area contributed by atoms with E-state index in [9.17, 15) is 9.59 Å². The van der Waals surface area contributed by atoms with E-state index in [-0.39, 0.29) is 5.91 Å². The number of hydrogen-bond donors (Lipinski definition) is 1. The first kappa shape index (κ1) is 12.0. The lowest BCUT2D eigenvalue weighted by Crippen LogP contribution is -2.14. The average Bonchev–Trinajstić information content (AvgIpc) is 2.40. The smallest absolute Gasteiger partial charge is 0.228 e. The number of carbonyl (C=O) groups excluding carboxylic acids is 2. The van der Waals surface area contributed by atoms with Crippen LogP contribution >= 0.6 is 0 Å². The van der Waals surface area contributed by atoms with Crippen molar-refractivity contribution in [2.75, 3.05) is 5.32 Å². The van der Waals surface area contributed by atoms with Gasteiger partial charge < -0.3 is 5.32 Å². The Labute approximate surface area is 105 Å². The van der Waals surface area contributed by atoms with Gasteiger partial charge in [-0.15, -0.1) is 0 Å². The number of hydrogen-bond acceptors (Lipinski definition) is 2. The number of benzene rings is 2. The molecule has 3 heteroatoms. The summed E-state index contributed by atoms with van der Waals surface area (Å²) in [6, 6.07) is 16.3. The first-order chi connectivity index (χ1) is 8.78. The van der Waals surface area contributed by atoms with Gasteiger partial charge in [0.15, 0.2) is 0 Å². The molecule has 0 saturated carbocycles. The summed E-state index contributed by atoms with van der Waals surface area (Å²) < 4.78 is 0. The minimum atomic E-state index is -0.0694. The minimum absolute atomic E-state index is 0.0694. The standard InChI is InChI=1S/C15H13NO2/c17-11-13-8-6-12(7-9-13)10-15(18)16-14-4-2-1-3-5-14/h1-9,11H,10H2,(H,16,18). The second-order valence-corrected chi connectivity index (χ2v) is 3.95. The van der Waals surface area contributed by atoms with Crippen molar-refractivity contribution in [2.24, 2.45) is 0 Å². The highest BCUT2D eigenvalue weighted by Crippen LogP contribution is 2.08. The van der Waals surface area contributed by atoms with E-state index in [4.69, 9.17) is 0 Å². The van der Waals surface area contributed by atoms with Gasteiger partial charge in [-0.25, -0.2) is 0 Å². The maximum atomic E-state index is 11.8. The van der Waals surface area contributed by atoms with Crippen molar-refractivity contribution in [3.8, 4) is 0 Å². The molecule has 3 nitrogen and oxygen atoms in total. The number of rotatable bonds is 4. The summed E-state index contributed by atoms with van der Waals surface area (Å²) in [5, 5.41) is 2.81. The first-order valence-electron chi connectivity index (χ1n) is 5.67. The maximum absolute atomic E-state index is 11.8. The second-order valence-electron chi connectivity index (χ2n) is 3.95. The fraction of sp³-hybridized carbons (Fsp3) is 0.0667. The summed E-state index contributed by atoms with van der Waals surface area (Å²) in [7, 11) is 0. The van der Waals surface area contributed by atoms with Gasteiger partial charge in [-0.2, -0.15) is 0 Å². The molecule has 0 bridgehead atoms. The van der Waals surface area contributed by atoms with Crippen LogP contribution in [0, 0.1) is 0 Å². The predicted octanol–water partition coefficient (Wildman–Crippen LogP) is 2.68. The monoisotopic (exact) mass is 239 g/mol. The zero-order valence-corrected chi connectivity index (χ0v) is 9.80. The number of amides is 1. The number of nitrogens with one attached hydrogen (secondary N) is 1. The summed E-state index contributed by atoms with van der Waals surface area (Å²) in [6.45, 7) is 0. The van der Waals surface area contributed by atoms with E-state index in [2.05, 4.69) is 5.32 Å². The molecule has 1 amide bonds. The highest BCUT2D eigenvalue weighted by atomic mass is 16.1. The second kappa shape index (κ2) is 5.77. The Morgan fingerprint density at radius 1 is 1.00 bits per heavy atom. The Bertz CT molecular complexity index is 532. The van der Waals surface area contributed by atoms with Crippen LogP contribution in [0.15, 0.2) is 54.6 Å². The quantitative estimate of drug-likeness (QED) is 0.834. The zero-order chi connectivity index (χ0) is 12.8. The van der Waals surface area contributed by atoms with Crippen molar-refractivity contribution in [1.29, 1.82) is 0 Å². The molecule has 0 atom stereocenters. The highest BCUT2D eigenvalue weighted by Gasteiger charge is 2.03. The van der Waals surface area contributed by atoms with E-state index in [0.29, 0.717) is 12.0 Å². The molecule has 0 heterocycles. The number of aldehydes is 1. The van der Waals surface area contributed by atoms with Gasteiger partial charge in [0.2, 0.25) is 5.91 Å². The summed E-state index contributed by atoms with van der Waals surface area (Å²) in [6.07, 6.45) is 1.09. The van der Waals surface area contributed by atoms with Crippen molar-refractivity contribution in [3.63, 3.8) is 0 Å². The van der Waals surface area contributed by atoms with Crippen LogP contribution in [-0.4, -0.2) is 12.2 Å². The molecule has 0 fully saturated rings. The zero-order valence-electron chi connectivity index (χ0n) is 9.80. The lowest BCUT2D eigenvalue weighted by atomic mass is 10.1. The van der Waals surface area contributed by atoms with Crippen LogP contribution < -0.4 is 5.32 Å². The Hall–Kier alpha value is -2.42. The van der Waals surface area contributed by atoms with Gasteiger partial charge in [0.1, 0.15) is 6.29 Å². The van der Waals surface area contributed by atoms with Crippen LogP contribution in [0.2, 0.25) is 0 Å². The fourth-order valence-corrected chi connectivity index (χ4v) is 1.63. The van der Waals surface area contributed by atoms with E-state index in [1.165, 1.54) is 0 Å². The molecule has 0 aliphatic heterocycles. The molecule has 2 aromatic rings. The van der Waals surface area contributed by atoms with Gasteiger partial charge in [-0.05, 0) is 17.7 Å². The summed E-state index contributed by atoms with van der Waals surface area (Å²) >= 11 is 0. The van der Waals surface area contributed by atoms with E-state index >= 15 is 0 Å². The molecule has 1 N–H and O–H groups in total. The molecular formula is C15H13NO2. The van der Waals surface area contributed by atoms with Crippen LogP contribution in [-0.2, 0) is 11.2 Å². The molecule has 0 radical (unpaired) electrons. The molecule has 2 rings (SSSR count). The van der Waals surface area contributed by atoms with Crippen molar-refractivity contribution < 1.29 is 9.59 Å². The Kier molecular flexibility index (Phi) is 3.86. The lowest BCUT2D eigenvalue weighted by molar-refractivity contribution is -0.115. The molecule has 0 aliphatic carbocycles. The van der Waals surface area contributed by atoms with Crippen molar-refractivity contribution >= 4 is 17.9 Å². The third kappa shape index (κ3) is 3.28. The molecule has 0 aromatic heterocycles. The summed E-state index contributed by atoms with van der Waals surface area (Å²) in [5.41, 5.74) is 2.28. The van der Waals surface area contributed by atoms with Crippen LogP contribution in [0.3, 0.4) is 0 Å². The molecule has 90 valence electrons. The largest absolute Gasteiger partial charge is 0.326 e. The summed E-state index contributed by atoms with van der Waals surface area (Å²) in [5.74, 6) is -0.0694. The number of carbonyl (C=O) groups is 2. The molecular weight excluding hydrogens is 226 g/mol. The highest BCUT2D eigenvalue weighted by molar-refractivity contribution is 5.92. The number of para-hydroxylation sites is 1.